The van der Waals surface area contributed by atoms with Gasteiger partial charge in [-0.25, -0.2) is 9.97 Å². The van der Waals surface area contributed by atoms with Gasteiger partial charge in [-0.05, 0) is 115 Å². The highest BCUT2D eigenvalue weighted by Gasteiger charge is 2.16. The van der Waals surface area contributed by atoms with Crippen LogP contribution in [0, 0.1) is 0 Å². The largest absolute Gasteiger partial charge is 0.310 e. The van der Waals surface area contributed by atoms with Crippen LogP contribution in [0.4, 0.5) is 17.1 Å². The second kappa shape index (κ2) is 14.9. The number of fused-ring (bicyclic) bond motifs is 10. The van der Waals surface area contributed by atoms with Crippen molar-refractivity contribution in [2.45, 2.75) is 0 Å². The maximum Gasteiger partial charge on any atom is 0.0965 e. The van der Waals surface area contributed by atoms with Crippen LogP contribution < -0.4 is 4.90 Å². The molecule has 302 valence electrons. The predicted octanol–water partition coefficient (Wildman–Crippen LogP) is 15.8. The molecule has 5 heteroatoms. The Morgan fingerprint density at radius 1 is 0.277 bits per heavy atom. The molecule has 5 nitrogen and oxygen atoms in total. The number of hydrogen-bond acceptors (Lipinski definition) is 5. The second-order valence-electron chi connectivity index (χ2n) is 16.7. The molecule has 0 atom stereocenters. The lowest BCUT2D eigenvalue weighted by molar-refractivity contribution is 1.27. The van der Waals surface area contributed by atoms with E-state index in [4.69, 9.17) is 19.9 Å². The summed E-state index contributed by atoms with van der Waals surface area (Å²) in [5.74, 6) is 0. The molecule has 11 aromatic carbocycles. The third kappa shape index (κ3) is 6.40. The molecule has 0 fully saturated rings. The molecule has 0 saturated carbocycles. The molecule has 2 aromatic heterocycles. The molecule has 0 N–H and O–H groups in total. The molecule has 0 aliphatic carbocycles. The number of hydrogen-bond donors (Lipinski definition) is 0. The molecule has 13 aromatic rings. The van der Waals surface area contributed by atoms with Gasteiger partial charge in [-0.3, -0.25) is 9.97 Å². The van der Waals surface area contributed by atoms with Gasteiger partial charge in [0.15, 0.2) is 0 Å². The van der Waals surface area contributed by atoms with E-state index >= 15 is 0 Å². The van der Waals surface area contributed by atoms with Crippen LogP contribution in [0.3, 0.4) is 0 Å². The van der Waals surface area contributed by atoms with Crippen molar-refractivity contribution in [1.29, 1.82) is 0 Å². The number of anilines is 3. The van der Waals surface area contributed by atoms with Crippen molar-refractivity contribution in [2.75, 3.05) is 4.90 Å². The van der Waals surface area contributed by atoms with Crippen LogP contribution in [-0.2, 0) is 0 Å². The Balaban J connectivity index is 0.882. The zero-order valence-corrected chi connectivity index (χ0v) is 35.1. The van der Waals surface area contributed by atoms with E-state index in [1.54, 1.807) is 0 Å². The summed E-state index contributed by atoms with van der Waals surface area (Å²) in [4.78, 5) is 22.2. The molecule has 0 aliphatic heterocycles. The lowest BCUT2D eigenvalue weighted by atomic mass is 9.96. The van der Waals surface area contributed by atoms with Gasteiger partial charge in [0.05, 0.1) is 45.8 Å². The number of benzene rings is 11. The number of rotatable bonds is 6. The topological polar surface area (TPSA) is 54.8 Å². The van der Waals surface area contributed by atoms with E-state index in [2.05, 4.69) is 217 Å². The predicted molar refractivity (Wildman–Crippen MR) is 271 cm³/mol. The first-order chi connectivity index (χ1) is 32.2. The fourth-order valence-electron chi connectivity index (χ4n) is 9.54. The first kappa shape index (κ1) is 36.8. The summed E-state index contributed by atoms with van der Waals surface area (Å²) >= 11 is 0. The Kier molecular flexibility index (Phi) is 8.46. The highest BCUT2D eigenvalue weighted by molar-refractivity contribution is 6.10. The highest BCUT2D eigenvalue weighted by Crippen LogP contribution is 2.40. The van der Waals surface area contributed by atoms with Crippen molar-refractivity contribution in [3.63, 3.8) is 0 Å². The standard InChI is InChI=1S/C60H37N5/c1-2-10-43-33-44(14-13-38(43)7-1)45-21-29-51-46(34-45)15-16-47-35-50(28-30-52(47)51)65(48-24-17-41(18-25-48)57-36-61-59-53-11-5-3-8-39(53)22-31-55(59)63-57)49-26-19-42(20-27-49)58-37-62-60-54-12-6-4-9-40(54)23-32-56(60)64-58/h1-37H. The number of aromatic nitrogens is 4. The molecule has 2 heterocycles. The smallest absolute Gasteiger partial charge is 0.0965 e. The third-order valence-corrected chi connectivity index (χ3v) is 12.9. The molecule has 0 amide bonds. The van der Waals surface area contributed by atoms with E-state index < -0.39 is 0 Å². The van der Waals surface area contributed by atoms with Crippen LogP contribution in [0.25, 0.3) is 110 Å². The Morgan fingerprint density at radius 3 is 1.28 bits per heavy atom. The van der Waals surface area contributed by atoms with Gasteiger partial charge < -0.3 is 4.90 Å². The van der Waals surface area contributed by atoms with E-state index in [1.165, 1.54) is 43.4 Å². The lowest BCUT2D eigenvalue weighted by Gasteiger charge is -2.26. The van der Waals surface area contributed by atoms with Crippen LogP contribution in [0.5, 0.6) is 0 Å². The van der Waals surface area contributed by atoms with Crippen LogP contribution in [0.2, 0.25) is 0 Å². The monoisotopic (exact) mass is 827 g/mol. The molecule has 65 heavy (non-hydrogen) atoms. The average molecular weight is 828 g/mol. The summed E-state index contributed by atoms with van der Waals surface area (Å²) in [6.45, 7) is 0. The van der Waals surface area contributed by atoms with Crippen LogP contribution in [0.1, 0.15) is 0 Å². The maximum absolute atomic E-state index is 5.07. The SMILES string of the molecule is c1ccc2cc(-c3ccc4c(ccc5cc(N(c6ccc(-c7cnc8c(ccc9ccccc98)n7)cc6)c6ccc(-c7cnc8c(ccc9ccccc98)n7)cc6)ccc54)c3)ccc2c1. The Bertz CT molecular complexity index is 3850. The molecule has 13 rings (SSSR count). The van der Waals surface area contributed by atoms with Gasteiger partial charge in [-0.15, -0.1) is 0 Å². The molecule has 0 unspecified atom stereocenters. The fourth-order valence-corrected chi connectivity index (χ4v) is 9.54. The Labute approximate surface area is 374 Å². The third-order valence-electron chi connectivity index (χ3n) is 12.9. The molecule has 0 bridgehead atoms. The summed E-state index contributed by atoms with van der Waals surface area (Å²) in [6.07, 6.45) is 3.77. The highest BCUT2D eigenvalue weighted by atomic mass is 15.1. The van der Waals surface area contributed by atoms with Gasteiger partial charge in [0.25, 0.3) is 0 Å². The fraction of sp³-hybridized carbons (Fsp3) is 0. The van der Waals surface area contributed by atoms with Crippen LogP contribution in [-0.4, -0.2) is 19.9 Å². The zero-order chi connectivity index (χ0) is 42.8. The first-order valence-corrected chi connectivity index (χ1v) is 21.9. The van der Waals surface area contributed by atoms with Crippen LogP contribution in [0.15, 0.2) is 225 Å². The van der Waals surface area contributed by atoms with Crippen molar-refractivity contribution < 1.29 is 0 Å². The quantitative estimate of drug-likeness (QED) is 0.156. The second-order valence-corrected chi connectivity index (χ2v) is 16.7. The molecular formula is C60H37N5. The van der Waals surface area contributed by atoms with Gasteiger partial charge in [0.1, 0.15) is 0 Å². The van der Waals surface area contributed by atoms with Gasteiger partial charge in [0.2, 0.25) is 0 Å². The molecule has 0 aliphatic rings. The summed E-state index contributed by atoms with van der Waals surface area (Å²) in [5.41, 5.74) is 12.8. The van der Waals surface area contributed by atoms with Crippen LogP contribution >= 0.6 is 0 Å². The molecule has 0 spiro atoms. The van der Waals surface area contributed by atoms with E-state index in [9.17, 15) is 0 Å². The minimum Gasteiger partial charge on any atom is -0.310 e. The van der Waals surface area contributed by atoms with Crippen molar-refractivity contribution in [3.8, 4) is 33.6 Å². The summed E-state index contributed by atoms with van der Waals surface area (Å²) in [6, 6.07) is 75.7. The minimum absolute atomic E-state index is 0.834. The molecule has 0 saturated heterocycles. The van der Waals surface area contributed by atoms with E-state index in [1.807, 2.05) is 12.4 Å². The van der Waals surface area contributed by atoms with Gasteiger partial charge in [-0.2, -0.15) is 0 Å². The maximum atomic E-state index is 5.07. The van der Waals surface area contributed by atoms with Gasteiger partial charge in [-0.1, -0.05) is 152 Å². The van der Waals surface area contributed by atoms with E-state index in [0.29, 0.717) is 0 Å². The summed E-state index contributed by atoms with van der Waals surface area (Å²) in [5, 5.41) is 11.9. The van der Waals surface area contributed by atoms with Crippen molar-refractivity contribution in [3.05, 3.63) is 225 Å². The Morgan fingerprint density at radius 2 is 0.692 bits per heavy atom. The van der Waals surface area contributed by atoms with Gasteiger partial charge >= 0.3 is 0 Å². The summed E-state index contributed by atoms with van der Waals surface area (Å²) in [7, 11) is 0. The van der Waals surface area contributed by atoms with E-state index in [0.717, 1.165) is 83.2 Å². The van der Waals surface area contributed by atoms with Crippen molar-refractivity contribution in [1.82, 2.24) is 19.9 Å². The summed E-state index contributed by atoms with van der Waals surface area (Å²) < 4.78 is 0. The first-order valence-electron chi connectivity index (χ1n) is 21.9. The minimum atomic E-state index is 0.834. The van der Waals surface area contributed by atoms with E-state index in [-0.39, 0.29) is 0 Å². The molecule has 0 radical (unpaired) electrons. The van der Waals surface area contributed by atoms with Gasteiger partial charge in [0, 0.05) is 39.0 Å². The lowest BCUT2D eigenvalue weighted by Crippen LogP contribution is -2.10. The molecular weight excluding hydrogens is 791 g/mol. The van der Waals surface area contributed by atoms with Crippen molar-refractivity contribution in [2.24, 2.45) is 0 Å². The number of nitrogens with zero attached hydrogens (tertiary/aromatic N) is 5. The zero-order valence-electron chi connectivity index (χ0n) is 35.1. The van der Waals surface area contributed by atoms with Crippen molar-refractivity contribution >= 4 is 93.0 Å². The average Bonchev–Trinajstić information content (AvgIpc) is 3.38. The Hall–Kier alpha value is -8.80. The normalized spacial score (nSPS) is 11.7.